The number of ether oxygens (including phenoxy) is 1. The molecular weight excluding hydrogens is 230 g/mol. The lowest BCUT2D eigenvalue weighted by Crippen LogP contribution is -2.55. The first-order valence-corrected chi connectivity index (χ1v) is 7.06. The van der Waals surface area contributed by atoms with E-state index in [4.69, 9.17) is 10.5 Å². The zero-order chi connectivity index (χ0) is 13.0. The Labute approximate surface area is 109 Å². The molecule has 2 rings (SSSR count). The summed E-state index contributed by atoms with van der Waals surface area (Å²) in [4.78, 5) is 16.7. The van der Waals surface area contributed by atoms with Crippen LogP contribution in [0.3, 0.4) is 0 Å². The Kier molecular flexibility index (Phi) is 4.97. The minimum Gasteiger partial charge on any atom is -0.378 e. The third-order valence-electron chi connectivity index (χ3n) is 4.11. The molecule has 2 fully saturated rings. The van der Waals surface area contributed by atoms with Crippen molar-refractivity contribution in [3.8, 4) is 0 Å². The quantitative estimate of drug-likeness (QED) is 0.754. The average molecular weight is 255 g/mol. The normalized spacial score (nSPS) is 22.9. The molecule has 1 heterocycles. The van der Waals surface area contributed by atoms with E-state index in [1.165, 1.54) is 19.3 Å². The summed E-state index contributed by atoms with van der Waals surface area (Å²) in [6, 6.07) is 0.519. The maximum atomic E-state index is 12.4. The summed E-state index contributed by atoms with van der Waals surface area (Å²) in [5.74, 6) is 0.235. The van der Waals surface area contributed by atoms with E-state index < -0.39 is 0 Å². The van der Waals surface area contributed by atoms with Crippen LogP contribution in [0.2, 0.25) is 0 Å². The van der Waals surface area contributed by atoms with E-state index in [-0.39, 0.29) is 11.9 Å². The predicted octanol–water partition coefficient (Wildman–Crippen LogP) is 0.0469. The van der Waals surface area contributed by atoms with E-state index >= 15 is 0 Å². The average Bonchev–Trinajstić information content (AvgIpc) is 2.35. The van der Waals surface area contributed by atoms with Crippen LogP contribution >= 0.6 is 0 Å². The molecule has 1 atom stereocenters. The molecule has 0 radical (unpaired) electrons. The van der Waals surface area contributed by atoms with Gasteiger partial charge >= 0.3 is 0 Å². The van der Waals surface area contributed by atoms with Crippen molar-refractivity contribution < 1.29 is 9.53 Å². The fourth-order valence-corrected chi connectivity index (χ4v) is 2.75. The lowest BCUT2D eigenvalue weighted by molar-refractivity contribution is -0.142. The second kappa shape index (κ2) is 6.50. The van der Waals surface area contributed by atoms with Gasteiger partial charge in [0, 0.05) is 32.2 Å². The minimum atomic E-state index is -0.0445. The zero-order valence-electron chi connectivity index (χ0n) is 11.3. The molecule has 0 aromatic carbocycles. The van der Waals surface area contributed by atoms with Crippen molar-refractivity contribution in [3.05, 3.63) is 0 Å². The number of carbonyl (C=O) groups is 1. The van der Waals surface area contributed by atoms with Crippen molar-refractivity contribution in [2.75, 3.05) is 39.4 Å². The molecule has 18 heavy (non-hydrogen) atoms. The number of hydrogen-bond acceptors (Lipinski definition) is 4. The molecule has 2 aliphatic rings. The van der Waals surface area contributed by atoms with Gasteiger partial charge in [-0.2, -0.15) is 0 Å². The van der Waals surface area contributed by atoms with Crippen LogP contribution in [-0.4, -0.2) is 67.2 Å². The van der Waals surface area contributed by atoms with Crippen molar-refractivity contribution in [2.24, 2.45) is 5.73 Å². The van der Waals surface area contributed by atoms with Crippen LogP contribution in [0, 0.1) is 0 Å². The molecule has 104 valence electrons. The summed E-state index contributed by atoms with van der Waals surface area (Å²) in [5, 5.41) is 0. The maximum Gasteiger partial charge on any atom is 0.239 e. The van der Waals surface area contributed by atoms with Crippen LogP contribution < -0.4 is 5.73 Å². The van der Waals surface area contributed by atoms with E-state index in [0.717, 1.165) is 19.6 Å². The first kappa shape index (κ1) is 13.8. The lowest BCUT2D eigenvalue weighted by Gasteiger charge is -2.42. The van der Waals surface area contributed by atoms with Crippen LogP contribution in [-0.2, 0) is 9.53 Å². The standard InChI is InChI=1S/C13H25N3O2/c1-11(13(17)15-7-9-18-10-8-15)16(6-5-14)12-3-2-4-12/h11-12H,2-10,14H2,1H3. The number of nitrogens with zero attached hydrogens (tertiary/aromatic N) is 2. The first-order valence-electron chi connectivity index (χ1n) is 7.06. The SMILES string of the molecule is CC(C(=O)N1CCOCC1)N(CCN)C1CCC1. The Bertz CT molecular complexity index is 275. The number of carbonyl (C=O) groups excluding carboxylic acids is 1. The molecule has 1 saturated heterocycles. The second-order valence-corrected chi connectivity index (χ2v) is 5.22. The highest BCUT2D eigenvalue weighted by atomic mass is 16.5. The van der Waals surface area contributed by atoms with Gasteiger partial charge in [0.15, 0.2) is 0 Å². The molecule has 1 saturated carbocycles. The van der Waals surface area contributed by atoms with E-state index in [9.17, 15) is 4.79 Å². The third kappa shape index (κ3) is 3.02. The van der Waals surface area contributed by atoms with Crippen LogP contribution in [0.15, 0.2) is 0 Å². The molecule has 0 bridgehead atoms. The molecule has 0 aromatic rings. The molecule has 1 aliphatic heterocycles. The molecule has 1 amide bonds. The Morgan fingerprint density at radius 3 is 2.61 bits per heavy atom. The fraction of sp³-hybridized carbons (Fsp3) is 0.923. The number of amides is 1. The smallest absolute Gasteiger partial charge is 0.239 e. The van der Waals surface area contributed by atoms with Gasteiger partial charge in [-0.1, -0.05) is 6.42 Å². The molecule has 2 N–H and O–H groups in total. The van der Waals surface area contributed by atoms with Crippen LogP contribution in [0.25, 0.3) is 0 Å². The van der Waals surface area contributed by atoms with Crippen LogP contribution in [0.1, 0.15) is 26.2 Å². The Morgan fingerprint density at radius 2 is 2.11 bits per heavy atom. The largest absolute Gasteiger partial charge is 0.378 e. The van der Waals surface area contributed by atoms with Gasteiger partial charge in [0.05, 0.1) is 19.3 Å². The van der Waals surface area contributed by atoms with Gasteiger partial charge in [0.2, 0.25) is 5.91 Å². The van der Waals surface area contributed by atoms with Crippen LogP contribution in [0.4, 0.5) is 0 Å². The highest BCUT2D eigenvalue weighted by Crippen LogP contribution is 2.26. The molecule has 0 aromatic heterocycles. The van der Waals surface area contributed by atoms with Crippen molar-refractivity contribution in [3.63, 3.8) is 0 Å². The van der Waals surface area contributed by atoms with Crippen molar-refractivity contribution in [1.82, 2.24) is 9.80 Å². The zero-order valence-corrected chi connectivity index (χ0v) is 11.3. The van der Waals surface area contributed by atoms with E-state index in [1.807, 2.05) is 11.8 Å². The molecule has 1 unspecified atom stereocenters. The topological polar surface area (TPSA) is 58.8 Å². The minimum absolute atomic E-state index is 0.0445. The number of rotatable bonds is 5. The molecule has 0 spiro atoms. The molecular formula is C13H25N3O2. The monoisotopic (exact) mass is 255 g/mol. The summed E-state index contributed by atoms with van der Waals surface area (Å²) < 4.78 is 5.29. The van der Waals surface area contributed by atoms with E-state index in [2.05, 4.69) is 4.90 Å². The Balaban J connectivity index is 1.93. The van der Waals surface area contributed by atoms with Crippen molar-refractivity contribution >= 4 is 5.91 Å². The molecule has 5 heteroatoms. The van der Waals surface area contributed by atoms with Gasteiger partial charge in [0.25, 0.3) is 0 Å². The summed E-state index contributed by atoms with van der Waals surface area (Å²) in [6.07, 6.45) is 3.70. The second-order valence-electron chi connectivity index (χ2n) is 5.22. The number of nitrogens with two attached hydrogens (primary N) is 1. The summed E-state index contributed by atoms with van der Waals surface area (Å²) in [5.41, 5.74) is 5.68. The lowest BCUT2D eigenvalue weighted by atomic mass is 9.90. The van der Waals surface area contributed by atoms with Gasteiger partial charge in [-0.05, 0) is 19.8 Å². The predicted molar refractivity (Wildman–Crippen MR) is 70.3 cm³/mol. The summed E-state index contributed by atoms with van der Waals surface area (Å²) >= 11 is 0. The van der Waals surface area contributed by atoms with Gasteiger partial charge in [-0.25, -0.2) is 0 Å². The third-order valence-corrected chi connectivity index (χ3v) is 4.11. The summed E-state index contributed by atoms with van der Waals surface area (Å²) in [7, 11) is 0. The maximum absolute atomic E-state index is 12.4. The van der Waals surface area contributed by atoms with Gasteiger partial charge in [-0.15, -0.1) is 0 Å². The van der Waals surface area contributed by atoms with Gasteiger partial charge in [0.1, 0.15) is 0 Å². The van der Waals surface area contributed by atoms with Crippen LogP contribution in [0.5, 0.6) is 0 Å². The van der Waals surface area contributed by atoms with Gasteiger partial charge in [-0.3, -0.25) is 9.69 Å². The van der Waals surface area contributed by atoms with Gasteiger partial charge < -0.3 is 15.4 Å². The highest BCUT2D eigenvalue weighted by molar-refractivity contribution is 5.81. The van der Waals surface area contributed by atoms with E-state index in [0.29, 0.717) is 25.8 Å². The summed E-state index contributed by atoms with van der Waals surface area (Å²) in [6.45, 7) is 6.25. The van der Waals surface area contributed by atoms with Crippen molar-refractivity contribution in [1.29, 1.82) is 0 Å². The Morgan fingerprint density at radius 1 is 1.44 bits per heavy atom. The van der Waals surface area contributed by atoms with Crippen molar-refractivity contribution in [2.45, 2.75) is 38.3 Å². The highest BCUT2D eigenvalue weighted by Gasteiger charge is 2.33. The first-order chi connectivity index (χ1) is 8.74. The molecule has 5 nitrogen and oxygen atoms in total. The number of hydrogen-bond donors (Lipinski definition) is 1. The van der Waals surface area contributed by atoms with E-state index in [1.54, 1.807) is 0 Å². The fourth-order valence-electron chi connectivity index (χ4n) is 2.75. The Hall–Kier alpha value is -0.650. The number of morpholine rings is 1. The molecule has 1 aliphatic carbocycles.